The topological polar surface area (TPSA) is 38.7 Å². The number of aliphatic hydroxyl groups is 1. The highest BCUT2D eigenvalue weighted by Gasteiger charge is 2.39. The highest BCUT2D eigenvalue weighted by atomic mass is 28.5. The van der Waals surface area contributed by atoms with Gasteiger partial charge in [-0.1, -0.05) is 19.8 Å². The molecule has 1 N–H and O–H groups in total. The average Bonchev–Trinajstić information content (AvgIpc) is 2.11. The lowest BCUT2D eigenvalue weighted by molar-refractivity contribution is 0.314. The summed E-state index contributed by atoms with van der Waals surface area (Å²) in [5.74, 6) is 0. The van der Waals surface area contributed by atoms with Crippen molar-refractivity contribution in [2.45, 2.75) is 65.1 Å². The van der Waals surface area contributed by atoms with Crippen LogP contribution < -0.4 is 0 Å². The third-order valence-electron chi connectivity index (χ3n) is 2.56. The van der Waals surface area contributed by atoms with Crippen LogP contribution in [0.3, 0.4) is 0 Å². The summed E-state index contributed by atoms with van der Waals surface area (Å²) in [5.41, 5.74) is 0. The summed E-state index contributed by atoms with van der Waals surface area (Å²) >= 11 is 0. The van der Waals surface area contributed by atoms with Crippen LogP contribution in [0.2, 0.25) is 45.3 Å². The van der Waals surface area contributed by atoms with Crippen molar-refractivity contribution < 1.29 is 13.3 Å². The Bertz CT molecular complexity index is 230. The van der Waals surface area contributed by atoms with Crippen LogP contribution in [-0.4, -0.2) is 36.5 Å². The van der Waals surface area contributed by atoms with Gasteiger partial charge in [0.05, 0.1) is 6.23 Å². The lowest BCUT2D eigenvalue weighted by Gasteiger charge is -2.38. The molecule has 0 amide bonds. The van der Waals surface area contributed by atoms with E-state index in [4.69, 9.17) is 8.23 Å². The summed E-state index contributed by atoms with van der Waals surface area (Å²) < 4.78 is 12.5. The molecule has 0 aromatic carbocycles. The fourth-order valence-corrected chi connectivity index (χ4v) is 15.1. The van der Waals surface area contributed by atoms with Crippen LogP contribution >= 0.6 is 0 Å². The van der Waals surface area contributed by atoms with Gasteiger partial charge in [-0.3, -0.25) is 0 Å². The molecule has 0 aliphatic heterocycles. The van der Waals surface area contributed by atoms with Crippen LogP contribution in [0, 0.1) is 0 Å². The second kappa shape index (κ2) is 6.63. The fourth-order valence-electron chi connectivity index (χ4n) is 2.04. The summed E-state index contributed by atoms with van der Waals surface area (Å²) in [6.07, 6.45) is 2.63. The Labute approximate surface area is 110 Å². The second-order valence-electron chi connectivity index (χ2n) is 6.39. The standard InChI is InChI=1S/C11H30O3Si3/c1-8-9-10-15(2,3)13-17(6,7)14-16(4,5)11-12/h12H,8-11H2,1-7H3. The van der Waals surface area contributed by atoms with E-state index in [1.165, 1.54) is 18.9 Å². The first-order valence-electron chi connectivity index (χ1n) is 6.55. The molecule has 17 heavy (non-hydrogen) atoms. The van der Waals surface area contributed by atoms with E-state index in [-0.39, 0.29) is 6.23 Å². The van der Waals surface area contributed by atoms with Crippen molar-refractivity contribution in [2.75, 3.05) is 6.23 Å². The maximum absolute atomic E-state index is 9.31. The van der Waals surface area contributed by atoms with Crippen LogP contribution in [0.25, 0.3) is 0 Å². The SMILES string of the molecule is CCCC[Si](C)(C)O[Si](C)(C)O[Si](C)(C)CO. The van der Waals surface area contributed by atoms with Crippen LogP contribution in [0.15, 0.2) is 0 Å². The molecule has 0 spiro atoms. The Balaban J connectivity index is 4.42. The number of hydrogen-bond donors (Lipinski definition) is 1. The quantitative estimate of drug-likeness (QED) is 0.697. The van der Waals surface area contributed by atoms with Gasteiger partial charge in [0.2, 0.25) is 8.32 Å². The number of unbranched alkanes of at least 4 members (excludes halogenated alkanes) is 1. The monoisotopic (exact) mass is 294 g/mol. The fraction of sp³-hybridized carbons (Fsp3) is 1.00. The predicted molar refractivity (Wildman–Crippen MR) is 81.4 cm³/mol. The van der Waals surface area contributed by atoms with Gasteiger partial charge in [0, 0.05) is 0 Å². The van der Waals surface area contributed by atoms with Crippen molar-refractivity contribution in [3.05, 3.63) is 0 Å². The lowest BCUT2D eigenvalue weighted by Crippen LogP contribution is -2.53. The Hall–Kier alpha value is 0.531. The van der Waals surface area contributed by atoms with Crippen LogP contribution in [-0.2, 0) is 8.23 Å². The van der Waals surface area contributed by atoms with Gasteiger partial charge in [0.25, 0.3) is 0 Å². The zero-order valence-corrected chi connectivity index (χ0v) is 15.6. The molecule has 0 bridgehead atoms. The van der Waals surface area contributed by atoms with E-state index in [2.05, 4.69) is 33.1 Å². The lowest BCUT2D eigenvalue weighted by atomic mass is 10.4. The summed E-state index contributed by atoms with van der Waals surface area (Å²) in [5, 5.41) is 9.31. The molecule has 0 rings (SSSR count). The largest absolute Gasteiger partial charge is 0.437 e. The van der Waals surface area contributed by atoms with Crippen molar-refractivity contribution in [1.82, 2.24) is 0 Å². The molecule has 0 atom stereocenters. The normalized spacial score (nSPS) is 14.1. The van der Waals surface area contributed by atoms with Crippen molar-refractivity contribution >= 4 is 25.2 Å². The maximum atomic E-state index is 9.31. The summed E-state index contributed by atoms with van der Waals surface area (Å²) in [4.78, 5) is 0. The molecular formula is C11H30O3Si3. The van der Waals surface area contributed by atoms with Gasteiger partial charge < -0.3 is 13.3 Å². The molecule has 0 aliphatic carbocycles. The first-order chi connectivity index (χ1) is 7.54. The van der Waals surface area contributed by atoms with Crippen molar-refractivity contribution in [3.63, 3.8) is 0 Å². The zero-order chi connectivity index (χ0) is 13.7. The Kier molecular flexibility index (Phi) is 6.83. The molecular weight excluding hydrogens is 264 g/mol. The van der Waals surface area contributed by atoms with Crippen molar-refractivity contribution in [1.29, 1.82) is 0 Å². The van der Waals surface area contributed by atoms with E-state index in [9.17, 15) is 5.11 Å². The van der Waals surface area contributed by atoms with E-state index in [1.807, 2.05) is 13.1 Å². The third-order valence-corrected chi connectivity index (χ3v) is 13.2. The van der Waals surface area contributed by atoms with Crippen LogP contribution in [0.1, 0.15) is 19.8 Å². The van der Waals surface area contributed by atoms with E-state index >= 15 is 0 Å². The molecule has 0 saturated carbocycles. The molecule has 0 heterocycles. The number of rotatable bonds is 8. The Morgan fingerprint density at radius 3 is 1.76 bits per heavy atom. The molecule has 0 aromatic heterocycles. The van der Waals surface area contributed by atoms with Crippen LogP contribution in [0.4, 0.5) is 0 Å². The first kappa shape index (κ1) is 17.5. The van der Waals surface area contributed by atoms with Crippen molar-refractivity contribution in [3.8, 4) is 0 Å². The average molecular weight is 295 g/mol. The van der Waals surface area contributed by atoms with Gasteiger partial charge >= 0.3 is 8.56 Å². The van der Waals surface area contributed by atoms with E-state index in [0.717, 1.165) is 0 Å². The minimum atomic E-state index is -2.08. The first-order valence-corrected chi connectivity index (χ1v) is 15.6. The van der Waals surface area contributed by atoms with Crippen molar-refractivity contribution in [2.24, 2.45) is 0 Å². The predicted octanol–water partition coefficient (Wildman–Crippen LogP) is 3.46. The minimum Gasteiger partial charge on any atom is -0.437 e. The molecule has 0 aliphatic rings. The molecule has 0 radical (unpaired) electrons. The van der Waals surface area contributed by atoms with Gasteiger partial charge in [-0.15, -0.1) is 0 Å². The van der Waals surface area contributed by atoms with Gasteiger partial charge in [-0.05, 0) is 45.3 Å². The summed E-state index contributed by atoms with van der Waals surface area (Å²) in [6.45, 7) is 15.1. The Morgan fingerprint density at radius 2 is 1.35 bits per heavy atom. The number of hydrogen-bond acceptors (Lipinski definition) is 3. The van der Waals surface area contributed by atoms with E-state index < -0.39 is 25.2 Å². The smallest absolute Gasteiger partial charge is 0.311 e. The minimum absolute atomic E-state index is 0.170. The van der Waals surface area contributed by atoms with E-state index in [1.54, 1.807) is 0 Å². The highest BCUT2D eigenvalue weighted by molar-refractivity contribution is 6.87. The maximum Gasteiger partial charge on any atom is 0.311 e. The van der Waals surface area contributed by atoms with Gasteiger partial charge in [-0.25, -0.2) is 0 Å². The Morgan fingerprint density at radius 1 is 0.882 bits per heavy atom. The van der Waals surface area contributed by atoms with Gasteiger partial charge in [0.1, 0.15) is 0 Å². The molecule has 0 saturated heterocycles. The summed E-state index contributed by atoms with van der Waals surface area (Å²) in [6, 6.07) is 1.20. The van der Waals surface area contributed by atoms with Gasteiger partial charge in [-0.2, -0.15) is 0 Å². The van der Waals surface area contributed by atoms with Crippen LogP contribution in [0.5, 0.6) is 0 Å². The molecule has 0 aromatic rings. The molecule has 3 nitrogen and oxygen atoms in total. The van der Waals surface area contributed by atoms with Gasteiger partial charge in [0.15, 0.2) is 8.32 Å². The molecule has 0 unspecified atom stereocenters. The highest BCUT2D eigenvalue weighted by Crippen LogP contribution is 2.23. The summed E-state index contributed by atoms with van der Waals surface area (Å²) in [7, 11) is -5.61. The number of aliphatic hydroxyl groups excluding tert-OH is 1. The third kappa shape index (κ3) is 8.28. The van der Waals surface area contributed by atoms with E-state index in [0.29, 0.717) is 0 Å². The molecule has 6 heteroatoms. The zero-order valence-electron chi connectivity index (χ0n) is 12.6. The molecule has 104 valence electrons. The second-order valence-corrected chi connectivity index (χ2v) is 18.7. The molecule has 0 fully saturated rings.